The van der Waals surface area contributed by atoms with E-state index in [0.29, 0.717) is 5.92 Å². The van der Waals surface area contributed by atoms with E-state index in [1.54, 1.807) is 0 Å². The normalized spacial score (nSPS) is 12.9. The Morgan fingerprint density at radius 1 is 1.40 bits per heavy atom. The summed E-state index contributed by atoms with van der Waals surface area (Å²) in [5.41, 5.74) is 8.22. The van der Waals surface area contributed by atoms with Crippen LogP contribution in [-0.2, 0) is 0 Å². The molecule has 0 aliphatic carbocycles. The smallest absolute Gasteiger partial charge is 0.0426 e. The van der Waals surface area contributed by atoms with Crippen molar-refractivity contribution < 1.29 is 0 Å². The van der Waals surface area contributed by atoms with Gasteiger partial charge in [-0.05, 0) is 30.5 Å². The van der Waals surface area contributed by atoms with E-state index >= 15 is 0 Å². The standard InChI is InChI=1S/C12H19ClN2/c1-8(2)11(14)7-15-12-6-10(13)5-4-9(12)3/h4-6,8,11,15H,7,14H2,1-3H3. The molecule has 0 saturated carbocycles. The molecule has 0 amide bonds. The van der Waals surface area contributed by atoms with Crippen LogP contribution in [0, 0.1) is 12.8 Å². The summed E-state index contributed by atoms with van der Waals surface area (Å²) in [7, 11) is 0. The van der Waals surface area contributed by atoms with Crippen molar-refractivity contribution in [3.05, 3.63) is 28.8 Å². The Morgan fingerprint density at radius 2 is 2.07 bits per heavy atom. The van der Waals surface area contributed by atoms with E-state index in [0.717, 1.165) is 17.3 Å². The Bertz CT molecular complexity index is 323. The van der Waals surface area contributed by atoms with Crippen molar-refractivity contribution in [1.82, 2.24) is 0 Å². The second kappa shape index (κ2) is 5.38. The molecule has 1 atom stereocenters. The first kappa shape index (κ1) is 12.3. The summed E-state index contributed by atoms with van der Waals surface area (Å²) in [6.07, 6.45) is 0. The van der Waals surface area contributed by atoms with Crippen molar-refractivity contribution >= 4 is 17.3 Å². The lowest BCUT2D eigenvalue weighted by molar-refractivity contribution is 0.511. The molecule has 3 heteroatoms. The van der Waals surface area contributed by atoms with Gasteiger partial charge in [-0.2, -0.15) is 0 Å². The van der Waals surface area contributed by atoms with Gasteiger partial charge in [0, 0.05) is 23.3 Å². The molecule has 0 aromatic heterocycles. The first-order valence-corrected chi connectivity index (χ1v) is 5.64. The van der Waals surface area contributed by atoms with Crippen molar-refractivity contribution in [1.29, 1.82) is 0 Å². The molecule has 0 radical (unpaired) electrons. The van der Waals surface area contributed by atoms with Crippen molar-refractivity contribution in [3.8, 4) is 0 Å². The highest BCUT2D eigenvalue weighted by Gasteiger charge is 2.07. The molecule has 0 aliphatic heterocycles. The lowest BCUT2D eigenvalue weighted by Gasteiger charge is -2.18. The molecule has 84 valence electrons. The zero-order valence-electron chi connectivity index (χ0n) is 9.55. The number of benzene rings is 1. The minimum atomic E-state index is 0.170. The number of halogens is 1. The van der Waals surface area contributed by atoms with Gasteiger partial charge >= 0.3 is 0 Å². The zero-order valence-corrected chi connectivity index (χ0v) is 10.3. The molecule has 0 saturated heterocycles. The predicted molar refractivity (Wildman–Crippen MR) is 67.5 cm³/mol. The van der Waals surface area contributed by atoms with Crippen LogP contribution in [0.2, 0.25) is 5.02 Å². The molecule has 1 unspecified atom stereocenters. The van der Waals surface area contributed by atoms with E-state index in [-0.39, 0.29) is 6.04 Å². The van der Waals surface area contributed by atoms with Crippen LogP contribution in [0.1, 0.15) is 19.4 Å². The summed E-state index contributed by atoms with van der Waals surface area (Å²) < 4.78 is 0. The van der Waals surface area contributed by atoms with E-state index in [1.807, 2.05) is 18.2 Å². The maximum absolute atomic E-state index is 5.96. The molecule has 3 N–H and O–H groups in total. The molecule has 0 heterocycles. The minimum absolute atomic E-state index is 0.170. The molecule has 1 aromatic carbocycles. The van der Waals surface area contributed by atoms with Gasteiger partial charge in [0.15, 0.2) is 0 Å². The van der Waals surface area contributed by atoms with Gasteiger partial charge in [0.1, 0.15) is 0 Å². The Labute approximate surface area is 96.8 Å². The Kier molecular flexibility index (Phi) is 4.43. The van der Waals surface area contributed by atoms with Crippen molar-refractivity contribution in [3.63, 3.8) is 0 Å². The quantitative estimate of drug-likeness (QED) is 0.828. The number of anilines is 1. The summed E-state index contributed by atoms with van der Waals surface area (Å²) >= 11 is 5.92. The van der Waals surface area contributed by atoms with Gasteiger partial charge in [-0.15, -0.1) is 0 Å². The number of rotatable bonds is 4. The van der Waals surface area contributed by atoms with Gasteiger partial charge in [-0.25, -0.2) is 0 Å². The van der Waals surface area contributed by atoms with Crippen molar-refractivity contribution in [2.24, 2.45) is 11.7 Å². The monoisotopic (exact) mass is 226 g/mol. The lowest BCUT2D eigenvalue weighted by atomic mass is 10.1. The molecular formula is C12H19ClN2. The fourth-order valence-electron chi connectivity index (χ4n) is 1.25. The molecule has 1 rings (SSSR count). The first-order chi connectivity index (χ1) is 7.00. The molecular weight excluding hydrogens is 208 g/mol. The van der Waals surface area contributed by atoms with Gasteiger partial charge in [0.25, 0.3) is 0 Å². The maximum Gasteiger partial charge on any atom is 0.0426 e. The summed E-state index contributed by atoms with van der Waals surface area (Å²) in [6, 6.07) is 6.00. The topological polar surface area (TPSA) is 38.0 Å². The third-order valence-electron chi connectivity index (χ3n) is 2.58. The molecule has 2 nitrogen and oxygen atoms in total. The van der Waals surface area contributed by atoms with Crippen molar-refractivity contribution in [2.45, 2.75) is 26.8 Å². The number of hydrogen-bond acceptors (Lipinski definition) is 2. The van der Waals surface area contributed by atoms with Crippen LogP contribution in [0.5, 0.6) is 0 Å². The third-order valence-corrected chi connectivity index (χ3v) is 2.82. The largest absolute Gasteiger partial charge is 0.383 e. The Balaban J connectivity index is 2.61. The minimum Gasteiger partial charge on any atom is -0.383 e. The number of hydrogen-bond donors (Lipinski definition) is 2. The van der Waals surface area contributed by atoms with Crippen LogP contribution in [0.4, 0.5) is 5.69 Å². The number of nitrogens with two attached hydrogens (primary N) is 1. The van der Waals surface area contributed by atoms with Gasteiger partial charge in [0.2, 0.25) is 0 Å². The van der Waals surface area contributed by atoms with Gasteiger partial charge in [-0.3, -0.25) is 0 Å². The number of aryl methyl sites for hydroxylation is 1. The molecule has 0 bridgehead atoms. The summed E-state index contributed by atoms with van der Waals surface area (Å²) in [6.45, 7) is 7.08. The predicted octanol–water partition coefficient (Wildman–Crippen LogP) is 3.04. The average Bonchev–Trinajstić information content (AvgIpc) is 2.18. The molecule has 0 spiro atoms. The fourth-order valence-corrected chi connectivity index (χ4v) is 1.42. The fraction of sp³-hybridized carbons (Fsp3) is 0.500. The SMILES string of the molecule is Cc1ccc(Cl)cc1NCC(N)C(C)C. The highest BCUT2D eigenvalue weighted by Crippen LogP contribution is 2.20. The van der Waals surface area contributed by atoms with Gasteiger partial charge < -0.3 is 11.1 Å². The second-order valence-corrected chi connectivity index (χ2v) is 4.68. The van der Waals surface area contributed by atoms with Crippen LogP contribution in [-0.4, -0.2) is 12.6 Å². The highest BCUT2D eigenvalue weighted by atomic mass is 35.5. The lowest BCUT2D eigenvalue weighted by Crippen LogP contribution is -2.34. The highest BCUT2D eigenvalue weighted by molar-refractivity contribution is 6.30. The molecule has 1 aromatic rings. The summed E-state index contributed by atoms with van der Waals surface area (Å²) in [5, 5.41) is 4.08. The first-order valence-electron chi connectivity index (χ1n) is 5.26. The summed E-state index contributed by atoms with van der Waals surface area (Å²) in [5.74, 6) is 0.483. The summed E-state index contributed by atoms with van der Waals surface area (Å²) in [4.78, 5) is 0. The van der Waals surface area contributed by atoms with E-state index in [4.69, 9.17) is 17.3 Å². The average molecular weight is 227 g/mol. The van der Waals surface area contributed by atoms with Crippen molar-refractivity contribution in [2.75, 3.05) is 11.9 Å². The van der Waals surface area contributed by atoms with Crippen LogP contribution in [0.3, 0.4) is 0 Å². The van der Waals surface area contributed by atoms with Gasteiger partial charge in [-0.1, -0.05) is 31.5 Å². The molecule has 0 fully saturated rings. The second-order valence-electron chi connectivity index (χ2n) is 4.25. The van der Waals surface area contributed by atoms with Crippen LogP contribution >= 0.6 is 11.6 Å². The van der Waals surface area contributed by atoms with Gasteiger partial charge in [0.05, 0.1) is 0 Å². The van der Waals surface area contributed by atoms with E-state index in [1.165, 1.54) is 5.56 Å². The van der Waals surface area contributed by atoms with Crippen LogP contribution < -0.4 is 11.1 Å². The van der Waals surface area contributed by atoms with E-state index in [2.05, 4.69) is 26.1 Å². The van der Waals surface area contributed by atoms with E-state index in [9.17, 15) is 0 Å². The van der Waals surface area contributed by atoms with Crippen LogP contribution in [0.25, 0.3) is 0 Å². The Hall–Kier alpha value is -0.730. The maximum atomic E-state index is 5.96. The Morgan fingerprint density at radius 3 is 2.67 bits per heavy atom. The zero-order chi connectivity index (χ0) is 11.4. The molecule has 15 heavy (non-hydrogen) atoms. The number of nitrogens with one attached hydrogen (secondary N) is 1. The van der Waals surface area contributed by atoms with Crippen LogP contribution in [0.15, 0.2) is 18.2 Å². The van der Waals surface area contributed by atoms with E-state index < -0.39 is 0 Å². The molecule has 0 aliphatic rings. The third kappa shape index (κ3) is 3.73.